The molecule has 0 aromatic carbocycles. The van der Waals surface area contributed by atoms with Crippen LogP contribution in [0.1, 0.15) is 168 Å². The van der Waals surface area contributed by atoms with Crippen LogP contribution in [-0.2, 0) is 38.7 Å². The predicted molar refractivity (Wildman–Crippen MR) is 238 cm³/mol. The van der Waals surface area contributed by atoms with Crippen molar-refractivity contribution >= 4 is 22.1 Å². The molecule has 0 aliphatic carbocycles. The molecule has 6 atom stereocenters. The Morgan fingerprint density at radius 3 is 1.57 bits per heavy atom. The smallest absolute Gasteiger partial charge is 0.306 e. The molecular weight excluding hydrogens is 789 g/mol. The van der Waals surface area contributed by atoms with Crippen molar-refractivity contribution in [1.82, 2.24) is 0 Å². The molecule has 6 unspecified atom stereocenters. The fourth-order valence-corrected chi connectivity index (χ4v) is 7.23. The molecule has 0 bridgehead atoms. The lowest BCUT2D eigenvalue weighted by Gasteiger charge is -2.40. The molecular formula is C47H80O12S. The zero-order valence-electron chi connectivity index (χ0n) is 36.8. The molecule has 0 aromatic heterocycles. The van der Waals surface area contributed by atoms with E-state index in [9.17, 15) is 37.9 Å². The second kappa shape index (κ2) is 37.0. The first-order valence-electron chi connectivity index (χ1n) is 22.8. The van der Waals surface area contributed by atoms with E-state index < -0.39 is 71.2 Å². The number of allylic oxidation sites excluding steroid dienone is 10. The molecule has 1 aliphatic rings. The van der Waals surface area contributed by atoms with Crippen molar-refractivity contribution in [3.63, 3.8) is 0 Å². The van der Waals surface area contributed by atoms with Crippen LogP contribution in [0.15, 0.2) is 60.8 Å². The van der Waals surface area contributed by atoms with Crippen molar-refractivity contribution in [1.29, 1.82) is 0 Å². The van der Waals surface area contributed by atoms with E-state index >= 15 is 0 Å². The topological polar surface area (TPSA) is 186 Å². The Morgan fingerprint density at radius 1 is 0.583 bits per heavy atom. The van der Waals surface area contributed by atoms with Gasteiger partial charge in [0.1, 0.15) is 36.8 Å². The van der Waals surface area contributed by atoms with Gasteiger partial charge in [-0.3, -0.25) is 14.1 Å². The molecule has 1 fully saturated rings. The maximum absolute atomic E-state index is 12.8. The van der Waals surface area contributed by atoms with Crippen LogP contribution >= 0.6 is 0 Å². The average Bonchev–Trinajstić information content (AvgIpc) is 3.21. The molecule has 1 rings (SSSR count). The zero-order valence-corrected chi connectivity index (χ0v) is 37.6. The number of carbonyl (C=O) groups excluding carboxylic acids is 2. The van der Waals surface area contributed by atoms with Crippen LogP contribution in [-0.4, -0.2) is 96.0 Å². The van der Waals surface area contributed by atoms with Crippen LogP contribution < -0.4 is 0 Å². The predicted octanol–water partition coefficient (Wildman–Crippen LogP) is 9.34. The van der Waals surface area contributed by atoms with Gasteiger partial charge in [0.25, 0.3) is 10.1 Å². The number of esters is 2. The van der Waals surface area contributed by atoms with Gasteiger partial charge in [0.05, 0.1) is 6.61 Å². The zero-order chi connectivity index (χ0) is 44.1. The molecule has 12 nitrogen and oxygen atoms in total. The summed E-state index contributed by atoms with van der Waals surface area (Å²) >= 11 is 0. The van der Waals surface area contributed by atoms with E-state index in [4.69, 9.17) is 18.9 Å². The number of rotatable bonds is 37. The van der Waals surface area contributed by atoms with Gasteiger partial charge in [-0.2, -0.15) is 8.42 Å². The summed E-state index contributed by atoms with van der Waals surface area (Å²) < 4.78 is 54.1. The molecule has 4 N–H and O–H groups in total. The molecule has 60 heavy (non-hydrogen) atoms. The van der Waals surface area contributed by atoms with Gasteiger partial charge in [0, 0.05) is 12.8 Å². The number of aliphatic hydroxyl groups excluding tert-OH is 3. The Morgan fingerprint density at radius 2 is 1.05 bits per heavy atom. The first kappa shape index (κ1) is 55.4. The Bertz CT molecular complexity index is 1340. The molecule has 1 aliphatic heterocycles. The number of aliphatic hydroxyl groups is 3. The van der Waals surface area contributed by atoms with Crippen LogP contribution in [0.25, 0.3) is 0 Å². The van der Waals surface area contributed by atoms with Gasteiger partial charge in [-0.15, -0.1) is 0 Å². The lowest BCUT2D eigenvalue weighted by molar-refractivity contribution is -0.297. The highest BCUT2D eigenvalue weighted by molar-refractivity contribution is 7.85. The molecule has 1 saturated heterocycles. The molecule has 1 heterocycles. The van der Waals surface area contributed by atoms with Gasteiger partial charge in [-0.25, -0.2) is 0 Å². The lowest BCUT2D eigenvalue weighted by atomic mass is 10.00. The van der Waals surface area contributed by atoms with Crippen molar-refractivity contribution in [3.05, 3.63) is 60.8 Å². The highest BCUT2D eigenvalue weighted by atomic mass is 32.2. The second-order valence-electron chi connectivity index (χ2n) is 15.7. The normalized spacial score (nSPS) is 20.7. The fourth-order valence-electron chi connectivity index (χ4n) is 6.54. The maximum atomic E-state index is 12.8. The van der Waals surface area contributed by atoms with E-state index in [0.717, 1.165) is 109 Å². The number of ether oxygens (including phenoxy) is 4. The number of hydrogen-bond donors (Lipinski definition) is 4. The SMILES string of the molecule is CC/C=C\C/C=C\C/C=C\CCCCCCCCCC(=O)OC(COC(=O)CCCCCCC/C=C\C/C=C\CCCCC)COC1OC(CS(=O)(=O)O)C(O)C(O)C1O. The largest absolute Gasteiger partial charge is 0.462 e. The molecule has 0 saturated carbocycles. The Labute approximate surface area is 362 Å². The molecule has 346 valence electrons. The maximum Gasteiger partial charge on any atom is 0.306 e. The van der Waals surface area contributed by atoms with E-state index in [0.29, 0.717) is 12.8 Å². The summed E-state index contributed by atoms with van der Waals surface area (Å²) in [5.41, 5.74) is 0. The Kier molecular flexibility index (Phi) is 34.1. The third kappa shape index (κ3) is 31.2. The van der Waals surface area contributed by atoms with Crippen molar-refractivity contribution in [2.75, 3.05) is 19.0 Å². The summed E-state index contributed by atoms with van der Waals surface area (Å²) in [5, 5.41) is 30.9. The first-order valence-corrected chi connectivity index (χ1v) is 24.5. The average molecular weight is 869 g/mol. The van der Waals surface area contributed by atoms with E-state index in [1.807, 2.05) is 0 Å². The fraction of sp³-hybridized carbons (Fsp3) is 0.745. The van der Waals surface area contributed by atoms with E-state index in [1.165, 1.54) is 19.3 Å². The van der Waals surface area contributed by atoms with Crippen LogP contribution in [0.2, 0.25) is 0 Å². The summed E-state index contributed by atoms with van der Waals surface area (Å²) in [5.74, 6) is -2.02. The monoisotopic (exact) mass is 869 g/mol. The minimum Gasteiger partial charge on any atom is -0.462 e. The number of hydrogen-bond acceptors (Lipinski definition) is 11. The number of carbonyl (C=O) groups is 2. The van der Waals surface area contributed by atoms with E-state index in [-0.39, 0.29) is 19.4 Å². The quantitative estimate of drug-likeness (QED) is 0.0201. The summed E-state index contributed by atoms with van der Waals surface area (Å²) in [6, 6.07) is 0. The first-order chi connectivity index (χ1) is 29.0. The minimum absolute atomic E-state index is 0.147. The third-order valence-corrected chi connectivity index (χ3v) is 10.8. The lowest BCUT2D eigenvalue weighted by Crippen LogP contribution is -2.60. The number of unbranched alkanes of at least 4 members (excludes halogenated alkanes) is 15. The minimum atomic E-state index is -4.61. The van der Waals surface area contributed by atoms with Gasteiger partial charge in [-0.1, -0.05) is 139 Å². The van der Waals surface area contributed by atoms with Crippen molar-refractivity contribution < 1.29 is 56.8 Å². The van der Waals surface area contributed by atoms with Crippen LogP contribution in [0.4, 0.5) is 0 Å². The molecule has 0 radical (unpaired) electrons. The van der Waals surface area contributed by atoms with Crippen molar-refractivity contribution in [2.24, 2.45) is 0 Å². The van der Waals surface area contributed by atoms with Crippen molar-refractivity contribution in [2.45, 2.75) is 205 Å². The Balaban J connectivity index is 2.46. The summed E-state index contributed by atoms with van der Waals surface area (Å²) in [4.78, 5) is 25.4. The van der Waals surface area contributed by atoms with Gasteiger partial charge in [0.2, 0.25) is 0 Å². The Hall–Kier alpha value is -2.65. The highest BCUT2D eigenvalue weighted by Crippen LogP contribution is 2.24. The molecule has 0 spiro atoms. The van der Waals surface area contributed by atoms with Gasteiger partial charge in [-0.05, 0) is 77.0 Å². The van der Waals surface area contributed by atoms with Gasteiger partial charge >= 0.3 is 11.9 Å². The molecule has 13 heteroatoms. The summed E-state index contributed by atoms with van der Waals surface area (Å²) in [7, 11) is -4.61. The third-order valence-electron chi connectivity index (χ3n) is 10.1. The van der Waals surface area contributed by atoms with E-state index in [2.05, 4.69) is 74.6 Å². The highest BCUT2D eigenvalue weighted by Gasteiger charge is 2.46. The van der Waals surface area contributed by atoms with Crippen molar-refractivity contribution in [3.8, 4) is 0 Å². The standard InChI is InChI=1S/C47H80O12S/c1-3-5-7-9-11-13-15-17-19-20-22-24-26-28-30-32-34-36-43(49)58-40(38-57-47-46(52)45(51)44(50)41(59-47)39-60(53,54)55)37-56-42(48)35-33-31-29-27-25-23-21-18-16-14-12-10-8-6-4-2/h5,7,11-14,17-19,21,40-41,44-47,50-52H,3-4,6,8-10,15-16,20,22-39H2,1-2H3,(H,53,54,55)/b7-5-,13-11-,14-12-,19-17-,21-18-. The van der Waals surface area contributed by atoms with E-state index in [1.54, 1.807) is 0 Å². The molecule has 0 aromatic rings. The van der Waals surface area contributed by atoms with Gasteiger partial charge < -0.3 is 34.3 Å². The van der Waals surface area contributed by atoms with Crippen LogP contribution in [0, 0.1) is 0 Å². The molecule has 0 amide bonds. The second-order valence-corrected chi connectivity index (χ2v) is 17.2. The summed E-state index contributed by atoms with van der Waals surface area (Å²) in [6.45, 7) is 3.60. The summed E-state index contributed by atoms with van der Waals surface area (Å²) in [6.07, 6.45) is 35.4. The van der Waals surface area contributed by atoms with Crippen LogP contribution in [0.5, 0.6) is 0 Å². The van der Waals surface area contributed by atoms with Gasteiger partial charge in [0.15, 0.2) is 12.4 Å². The van der Waals surface area contributed by atoms with Crippen LogP contribution in [0.3, 0.4) is 0 Å².